The van der Waals surface area contributed by atoms with E-state index in [4.69, 9.17) is 0 Å². The Morgan fingerprint density at radius 1 is 1.15 bits per heavy atom. The lowest BCUT2D eigenvalue weighted by molar-refractivity contribution is 0.790. The number of alkyl halides is 1. The summed E-state index contributed by atoms with van der Waals surface area (Å²) in [6.45, 7) is 7.43. The van der Waals surface area contributed by atoms with Crippen LogP contribution < -0.4 is 5.32 Å². The number of nitrogens with one attached hydrogen (secondary N) is 1. The predicted octanol–water partition coefficient (Wildman–Crippen LogP) is 3.05. The van der Waals surface area contributed by atoms with E-state index in [1.165, 1.54) is 22.3 Å². The lowest BCUT2D eigenvalue weighted by Crippen LogP contribution is -2.12. The highest BCUT2D eigenvalue weighted by atomic mass is 79.9. The molecular formula is C11H16BrN. The number of halogens is 1. The van der Waals surface area contributed by atoms with Crippen molar-refractivity contribution < 1.29 is 0 Å². The first kappa shape index (κ1) is 10.7. The summed E-state index contributed by atoms with van der Waals surface area (Å²) in [5, 5.41) is 3.28. The van der Waals surface area contributed by atoms with Crippen LogP contribution in [-0.2, 0) is 6.54 Å². The Balaban J connectivity index is 2.92. The fourth-order valence-corrected chi connectivity index (χ4v) is 1.86. The molecule has 0 spiro atoms. The van der Waals surface area contributed by atoms with Gasteiger partial charge in [0.1, 0.15) is 0 Å². The number of aryl methyl sites for hydroxylation is 3. The molecule has 0 amide bonds. The van der Waals surface area contributed by atoms with E-state index >= 15 is 0 Å². The van der Waals surface area contributed by atoms with Crippen LogP contribution in [0.3, 0.4) is 0 Å². The number of benzene rings is 1. The van der Waals surface area contributed by atoms with Crippen molar-refractivity contribution in [3.05, 3.63) is 34.4 Å². The van der Waals surface area contributed by atoms with Gasteiger partial charge in [-0.05, 0) is 37.5 Å². The van der Waals surface area contributed by atoms with E-state index < -0.39 is 0 Å². The van der Waals surface area contributed by atoms with Gasteiger partial charge in [0, 0.05) is 6.54 Å². The third-order valence-corrected chi connectivity index (χ3v) is 2.63. The minimum Gasteiger partial charge on any atom is -0.303 e. The molecule has 0 heterocycles. The Hall–Kier alpha value is -0.340. The standard InChI is InChI=1S/C11H16BrN/c1-8-4-9(2)11(6-13-7-12)10(3)5-8/h4-5,13H,6-7H2,1-3H3. The van der Waals surface area contributed by atoms with E-state index in [0.29, 0.717) is 0 Å². The highest BCUT2D eigenvalue weighted by Crippen LogP contribution is 2.15. The maximum absolute atomic E-state index is 3.36. The third kappa shape index (κ3) is 2.82. The van der Waals surface area contributed by atoms with Crippen LogP contribution in [0.1, 0.15) is 22.3 Å². The average molecular weight is 242 g/mol. The van der Waals surface area contributed by atoms with E-state index in [9.17, 15) is 0 Å². The summed E-state index contributed by atoms with van der Waals surface area (Å²) in [6.07, 6.45) is 0. The maximum Gasteiger partial charge on any atom is 0.0519 e. The zero-order chi connectivity index (χ0) is 9.84. The van der Waals surface area contributed by atoms with Gasteiger partial charge in [0.05, 0.1) is 5.45 Å². The molecule has 0 aliphatic heterocycles. The number of hydrogen-bond acceptors (Lipinski definition) is 1. The van der Waals surface area contributed by atoms with Gasteiger partial charge < -0.3 is 5.32 Å². The molecule has 0 radical (unpaired) electrons. The minimum absolute atomic E-state index is 0.847. The van der Waals surface area contributed by atoms with Gasteiger partial charge in [-0.1, -0.05) is 33.6 Å². The van der Waals surface area contributed by atoms with E-state index in [0.717, 1.165) is 12.0 Å². The van der Waals surface area contributed by atoms with Crippen molar-refractivity contribution >= 4 is 15.9 Å². The second kappa shape index (κ2) is 4.77. The van der Waals surface area contributed by atoms with Gasteiger partial charge in [-0.25, -0.2) is 0 Å². The Morgan fingerprint density at radius 2 is 1.69 bits per heavy atom. The lowest BCUT2D eigenvalue weighted by atomic mass is 10.00. The highest BCUT2D eigenvalue weighted by Gasteiger charge is 2.02. The van der Waals surface area contributed by atoms with Gasteiger partial charge in [0.15, 0.2) is 0 Å². The molecule has 72 valence electrons. The Morgan fingerprint density at radius 3 is 2.15 bits per heavy atom. The van der Waals surface area contributed by atoms with Gasteiger partial charge in [0.2, 0.25) is 0 Å². The summed E-state index contributed by atoms with van der Waals surface area (Å²) < 4.78 is 0. The van der Waals surface area contributed by atoms with E-state index in [1.54, 1.807) is 0 Å². The molecule has 1 nitrogen and oxygen atoms in total. The molecule has 0 aromatic heterocycles. The fraction of sp³-hybridized carbons (Fsp3) is 0.455. The first-order valence-electron chi connectivity index (χ1n) is 4.48. The summed E-state index contributed by atoms with van der Waals surface area (Å²) in [4.78, 5) is 0. The van der Waals surface area contributed by atoms with E-state index in [1.807, 2.05) is 0 Å². The maximum atomic E-state index is 3.36. The topological polar surface area (TPSA) is 12.0 Å². The van der Waals surface area contributed by atoms with Gasteiger partial charge in [-0.15, -0.1) is 0 Å². The van der Waals surface area contributed by atoms with Gasteiger partial charge in [-0.3, -0.25) is 0 Å². The van der Waals surface area contributed by atoms with Crippen LogP contribution in [0.25, 0.3) is 0 Å². The average Bonchev–Trinajstić information content (AvgIpc) is 2.02. The van der Waals surface area contributed by atoms with Crippen LogP contribution in [-0.4, -0.2) is 5.45 Å². The largest absolute Gasteiger partial charge is 0.303 e. The van der Waals surface area contributed by atoms with Crippen LogP contribution in [0.5, 0.6) is 0 Å². The molecule has 0 unspecified atom stereocenters. The zero-order valence-electron chi connectivity index (χ0n) is 8.45. The van der Waals surface area contributed by atoms with Crippen molar-refractivity contribution in [3.63, 3.8) is 0 Å². The third-order valence-electron chi connectivity index (χ3n) is 2.24. The van der Waals surface area contributed by atoms with Crippen LogP contribution >= 0.6 is 15.9 Å². The molecule has 1 aromatic rings. The van der Waals surface area contributed by atoms with Crippen LogP contribution in [0.15, 0.2) is 12.1 Å². The lowest BCUT2D eigenvalue weighted by Gasteiger charge is -2.10. The first-order valence-corrected chi connectivity index (χ1v) is 5.60. The molecule has 0 aliphatic carbocycles. The number of rotatable bonds is 3. The molecule has 0 fully saturated rings. The Labute approximate surface area is 88.7 Å². The second-order valence-corrected chi connectivity index (χ2v) is 4.00. The van der Waals surface area contributed by atoms with E-state index in [-0.39, 0.29) is 0 Å². The molecule has 0 saturated heterocycles. The minimum atomic E-state index is 0.847. The van der Waals surface area contributed by atoms with Crippen LogP contribution in [0.2, 0.25) is 0 Å². The van der Waals surface area contributed by atoms with Crippen LogP contribution in [0.4, 0.5) is 0 Å². The Kier molecular flexibility index (Phi) is 3.94. The smallest absolute Gasteiger partial charge is 0.0519 e. The van der Waals surface area contributed by atoms with Gasteiger partial charge in [-0.2, -0.15) is 0 Å². The predicted molar refractivity (Wildman–Crippen MR) is 61.3 cm³/mol. The Bertz CT molecular complexity index is 271. The highest BCUT2D eigenvalue weighted by molar-refractivity contribution is 9.09. The van der Waals surface area contributed by atoms with Crippen molar-refractivity contribution in [3.8, 4) is 0 Å². The fourth-order valence-electron chi connectivity index (χ4n) is 1.66. The molecule has 2 heteroatoms. The van der Waals surface area contributed by atoms with Gasteiger partial charge in [0.25, 0.3) is 0 Å². The molecule has 0 saturated carbocycles. The van der Waals surface area contributed by atoms with Crippen molar-refractivity contribution in [1.29, 1.82) is 0 Å². The SMILES string of the molecule is Cc1cc(C)c(CNCBr)c(C)c1. The zero-order valence-corrected chi connectivity index (χ0v) is 10.0. The first-order chi connectivity index (χ1) is 6.15. The molecule has 1 N–H and O–H groups in total. The molecule has 0 atom stereocenters. The molecule has 13 heavy (non-hydrogen) atoms. The van der Waals surface area contributed by atoms with Crippen LogP contribution in [0, 0.1) is 20.8 Å². The molecular weight excluding hydrogens is 226 g/mol. The van der Waals surface area contributed by atoms with Crippen molar-refractivity contribution in [2.75, 3.05) is 5.45 Å². The monoisotopic (exact) mass is 241 g/mol. The molecule has 0 bridgehead atoms. The summed E-state index contributed by atoms with van der Waals surface area (Å²) in [6, 6.07) is 4.47. The molecule has 1 rings (SSSR count). The quantitative estimate of drug-likeness (QED) is 0.634. The summed E-state index contributed by atoms with van der Waals surface area (Å²) in [5.41, 5.74) is 6.37. The van der Waals surface area contributed by atoms with Crippen molar-refractivity contribution in [2.24, 2.45) is 0 Å². The normalized spacial score (nSPS) is 10.5. The van der Waals surface area contributed by atoms with Gasteiger partial charge >= 0.3 is 0 Å². The number of hydrogen-bond donors (Lipinski definition) is 1. The summed E-state index contributed by atoms with van der Waals surface area (Å²) in [7, 11) is 0. The second-order valence-electron chi connectivity index (χ2n) is 3.44. The van der Waals surface area contributed by atoms with Crippen molar-refractivity contribution in [2.45, 2.75) is 27.3 Å². The molecule has 1 aromatic carbocycles. The van der Waals surface area contributed by atoms with E-state index in [2.05, 4.69) is 54.2 Å². The summed E-state index contributed by atoms with van der Waals surface area (Å²) >= 11 is 3.36. The molecule has 0 aliphatic rings. The van der Waals surface area contributed by atoms with Crippen molar-refractivity contribution in [1.82, 2.24) is 5.32 Å². The summed E-state index contributed by atoms with van der Waals surface area (Å²) in [5.74, 6) is 0.